The van der Waals surface area contributed by atoms with Crippen LogP contribution in [0.5, 0.6) is 0 Å². The Balaban J connectivity index is 2.60. The molecule has 0 bridgehead atoms. The molecule has 2 rings (SSSR count). The Morgan fingerprint density at radius 1 is 1.21 bits per heavy atom. The zero-order valence-electron chi connectivity index (χ0n) is 7.42. The van der Waals surface area contributed by atoms with E-state index in [-0.39, 0.29) is 0 Å². The minimum absolute atomic E-state index is 1.06. The van der Waals surface area contributed by atoms with Crippen molar-refractivity contribution in [2.45, 2.75) is 6.92 Å². The number of hydrogen-bond acceptors (Lipinski definition) is 2. The lowest BCUT2D eigenvalue weighted by molar-refractivity contribution is 1.36. The first-order chi connectivity index (χ1) is 6.68. The van der Waals surface area contributed by atoms with E-state index in [0.29, 0.717) is 0 Å². The van der Waals surface area contributed by atoms with Gasteiger partial charge >= 0.3 is 0 Å². The standard InChI is InChI=1S/C10H7Br2NS/c1-6-4-8(11)9(12)5-7(6)10-13-2-3-14-10/h2-5H,1H3. The molecule has 14 heavy (non-hydrogen) atoms. The van der Waals surface area contributed by atoms with Crippen molar-refractivity contribution in [3.8, 4) is 10.6 Å². The number of hydrogen-bond donors (Lipinski definition) is 0. The van der Waals surface area contributed by atoms with E-state index in [0.717, 1.165) is 14.0 Å². The van der Waals surface area contributed by atoms with Gasteiger partial charge in [0.05, 0.1) is 0 Å². The van der Waals surface area contributed by atoms with Crippen molar-refractivity contribution in [2.24, 2.45) is 0 Å². The average Bonchev–Trinajstić information content (AvgIpc) is 2.64. The number of thiazole rings is 1. The van der Waals surface area contributed by atoms with E-state index < -0.39 is 0 Å². The maximum absolute atomic E-state index is 4.30. The Bertz CT molecular complexity index is 451. The SMILES string of the molecule is Cc1cc(Br)c(Br)cc1-c1nccs1. The van der Waals surface area contributed by atoms with Crippen LogP contribution in [-0.2, 0) is 0 Å². The van der Waals surface area contributed by atoms with Crippen molar-refractivity contribution < 1.29 is 0 Å². The monoisotopic (exact) mass is 331 g/mol. The molecule has 4 heteroatoms. The lowest BCUT2D eigenvalue weighted by atomic mass is 10.1. The second kappa shape index (κ2) is 4.13. The van der Waals surface area contributed by atoms with Crippen LogP contribution in [0.3, 0.4) is 0 Å². The predicted molar refractivity (Wildman–Crippen MR) is 67.7 cm³/mol. The van der Waals surface area contributed by atoms with Gasteiger partial charge in [0.25, 0.3) is 0 Å². The van der Waals surface area contributed by atoms with E-state index in [4.69, 9.17) is 0 Å². The number of halogens is 2. The van der Waals surface area contributed by atoms with Gasteiger partial charge in [-0.3, -0.25) is 0 Å². The Kier molecular flexibility index (Phi) is 3.04. The molecule has 0 saturated carbocycles. The summed E-state index contributed by atoms with van der Waals surface area (Å²) >= 11 is 8.63. The molecule has 0 fully saturated rings. The molecule has 0 atom stereocenters. The molecule has 0 amide bonds. The zero-order chi connectivity index (χ0) is 10.1. The van der Waals surface area contributed by atoms with Crippen LogP contribution in [0.25, 0.3) is 10.6 Å². The van der Waals surface area contributed by atoms with Crippen LogP contribution >= 0.6 is 43.2 Å². The van der Waals surface area contributed by atoms with Gasteiger partial charge in [-0.2, -0.15) is 0 Å². The van der Waals surface area contributed by atoms with Crippen LogP contribution in [0.15, 0.2) is 32.7 Å². The van der Waals surface area contributed by atoms with Crippen molar-refractivity contribution >= 4 is 43.2 Å². The third-order valence-corrected chi connectivity index (χ3v) is 4.58. The first-order valence-corrected chi connectivity index (χ1v) is 6.50. The maximum atomic E-state index is 4.30. The van der Waals surface area contributed by atoms with E-state index in [1.165, 1.54) is 11.1 Å². The van der Waals surface area contributed by atoms with Gasteiger partial charge in [-0.15, -0.1) is 11.3 Å². The Morgan fingerprint density at radius 3 is 2.57 bits per heavy atom. The summed E-state index contributed by atoms with van der Waals surface area (Å²) in [5.41, 5.74) is 2.42. The largest absolute Gasteiger partial charge is 0.245 e. The van der Waals surface area contributed by atoms with Crippen molar-refractivity contribution in [1.29, 1.82) is 0 Å². The molecule has 0 unspecified atom stereocenters. The van der Waals surface area contributed by atoms with Gasteiger partial charge in [-0.05, 0) is 56.5 Å². The zero-order valence-corrected chi connectivity index (χ0v) is 11.4. The molecule has 1 heterocycles. The van der Waals surface area contributed by atoms with Gasteiger partial charge in [0.15, 0.2) is 0 Å². The van der Waals surface area contributed by atoms with Gasteiger partial charge in [-0.25, -0.2) is 4.98 Å². The van der Waals surface area contributed by atoms with Gasteiger partial charge in [0, 0.05) is 26.1 Å². The average molecular weight is 333 g/mol. The van der Waals surface area contributed by atoms with Gasteiger partial charge in [0.1, 0.15) is 5.01 Å². The van der Waals surface area contributed by atoms with Crippen LogP contribution in [0.1, 0.15) is 5.56 Å². The normalized spacial score (nSPS) is 10.5. The minimum Gasteiger partial charge on any atom is -0.245 e. The molecule has 1 aromatic heterocycles. The summed E-state index contributed by atoms with van der Waals surface area (Å²) in [6.45, 7) is 2.09. The van der Waals surface area contributed by atoms with Crippen molar-refractivity contribution in [3.63, 3.8) is 0 Å². The highest BCUT2D eigenvalue weighted by molar-refractivity contribution is 9.13. The van der Waals surface area contributed by atoms with Crippen LogP contribution in [0, 0.1) is 6.92 Å². The molecular formula is C10H7Br2NS. The van der Waals surface area contributed by atoms with Crippen molar-refractivity contribution in [2.75, 3.05) is 0 Å². The fourth-order valence-electron chi connectivity index (χ4n) is 1.23. The molecule has 0 saturated heterocycles. The molecule has 1 aromatic carbocycles. The lowest BCUT2D eigenvalue weighted by Crippen LogP contribution is -1.83. The molecule has 2 aromatic rings. The smallest absolute Gasteiger partial charge is 0.123 e. The summed E-state index contributed by atoms with van der Waals surface area (Å²) in [6, 6.07) is 4.19. The van der Waals surface area contributed by atoms with Crippen molar-refractivity contribution in [1.82, 2.24) is 4.98 Å². The molecule has 0 aliphatic carbocycles. The summed E-state index contributed by atoms with van der Waals surface area (Å²) < 4.78 is 2.14. The number of benzene rings is 1. The van der Waals surface area contributed by atoms with E-state index in [9.17, 15) is 0 Å². The summed E-state index contributed by atoms with van der Waals surface area (Å²) in [4.78, 5) is 4.30. The summed E-state index contributed by atoms with van der Waals surface area (Å²) in [7, 11) is 0. The minimum atomic E-state index is 1.06. The summed E-state index contributed by atoms with van der Waals surface area (Å²) in [6.07, 6.45) is 1.83. The van der Waals surface area contributed by atoms with Crippen LogP contribution in [0.2, 0.25) is 0 Å². The first kappa shape index (κ1) is 10.3. The predicted octanol–water partition coefficient (Wildman–Crippen LogP) is 4.64. The van der Waals surface area contributed by atoms with E-state index >= 15 is 0 Å². The van der Waals surface area contributed by atoms with E-state index in [1.807, 2.05) is 11.6 Å². The number of aromatic nitrogens is 1. The van der Waals surface area contributed by atoms with Gasteiger partial charge in [0.2, 0.25) is 0 Å². The van der Waals surface area contributed by atoms with E-state index in [2.05, 4.69) is 55.9 Å². The fraction of sp³-hybridized carbons (Fsp3) is 0.100. The highest BCUT2D eigenvalue weighted by Crippen LogP contribution is 2.33. The fourth-order valence-corrected chi connectivity index (χ4v) is 2.75. The highest BCUT2D eigenvalue weighted by Gasteiger charge is 2.07. The molecule has 0 N–H and O–H groups in total. The third-order valence-electron chi connectivity index (χ3n) is 1.93. The molecule has 0 spiro atoms. The molecule has 0 radical (unpaired) electrons. The van der Waals surface area contributed by atoms with E-state index in [1.54, 1.807) is 11.3 Å². The quantitative estimate of drug-likeness (QED) is 0.741. The number of aryl methyl sites for hydroxylation is 1. The molecule has 0 aliphatic heterocycles. The van der Waals surface area contributed by atoms with Crippen LogP contribution < -0.4 is 0 Å². The lowest BCUT2D eigenvalue weighted by Gasteiger charge is -2.04. The Labute approximate surface area is 103 Å². The van der Waals surface area contributed by atoms with Crippen molar-refractivity contribution in [3.05, 3.63) is 38.2 Å². The number of rotatable bonds is 1. The topological polar surface area (TPSA) is 12.9 Å². The molecular weight excluding hydrogens is 326 g/mol. The number of nitrogens with zero attached hydrogens (tertiary/aromatic N) is 1. The third kappa shape index (κ3) is 1.92. The summed E-state index contributed by atoms with van der Waals surface area (Å²) in [5.74, 6) is 0. The second-order valence-electron chi connectivity index (χ2n) is 2.92. The molecule has 72 valence electrons. The maximum Gasteiger partial charge on any atom is 0.123 e. The van der Waals surface area contributed by atoms with Crippen LogP contribution in [-0.4, -0.2) is 4.98 Å². The molecule has 1 nitrogen and oxygen atoms in total. The highest BCUT2D eigenvalue weighted by atomic mass is 79.9. The Morgan fingerprint density at radius 2 is 1.93 bits per heavy atom. The molecule has 0 aliphatic rings. The van der Waals surface area contributed by atoms with Crippen LogP contribution in [0.4, 0.5) is 0 Å². The van der Waals surface area contributed by atoms with Gasteiger partial charge in [-0.1, -0.05) is 0 Å². The Hall–Kier alpha value is -0.190. The summed E-state index contributed by atoms with van der Waals surface area (Å²) in [5, 5.41) is 3.06. The first-order valence-electron chi connectivity index (χ1n) is 4.04. The second-order valence-corrected chi connectivity index (χ2v) is 5.52. The van der Waals surface area contributed by atoms with Gasteiger partial charge < -0.3 is 0 Å².